The summed E-state index contributed by atoms with van der Waals surface area (Å²) in [6, 6.07) is 3.63. The van der Waals surface area contributed by atoms with Gasteiger partial charge in [0.15, 0.2) is 0 Å². The Balaban J connectivity index is 1.10. The fraction of sp³-hybridized carbons (Fsp3) is 0.710. The molecule has 1 aromatic heterocycles. The van der Waals surface area contributed by atoms with Crippen molar-refractivity contribution in [1.29, 1.82) is 0 Å². The van der Waals surface area contributed by atoms with Gasteiger partial charge in [0.25, 0.3) is 0 Å². The van der Waals surface area contributed by atoms with E-state index in [1.165, 1.54) is 101 Å². The van der Waals surface area contributed by atoms with Gasteiger partial charge < -0.3 is 9.64 Å². The van der Waals surface area contributed by atoms with E-state index in [4.69, 9.17) is 4.74 Å². The summed E-state index contributed by atoms with van der Waals surface area (Å²) < 4.78 is 7.55. The van der Waals surface area contributed by atoms with E-state index in [-0.39, 0.29) is 11.2 Å². The van der Waals surface area contributed by atoms with Crippen molar-refractivity contribution >= 4 is 0 Å². The molecule has 2 saturated carbocycles. The molecule has 2 saturated heterocycles. The highest BCUT2D eigenvalue weighted by Crippen LogP contribution is 2.67. The largest absolute Gasteiger partial charge is 0.359 e. The lowest BCUT2D eigenvalue weighted by atomic mass is 9.59. The average Bonchev–Trinajstić information content (AvgIpc) is 3.60. The van der Waals surface area contributed by atoms with Crippen molar-refractivity contribution in [3.8, 4) is 0 Å². The van der Waals surface area contributed by atoms with Crippen LogP contribution in [0, 0.1) is 11.3 Å². The molecule has 0 amide bonds. The third-order valence-corrected chi connectivity index (χ3v) is 11.7. The van der Waals surface area contributed by atoms with Crippen molar-refractivity contribution in [3.05, 3.63) is 52.9 Å². The molecule has 6 atom stereocenters. The van der Waals surface area contributed by atoms with Gasteiger partial charge in [-0.1, -0.05) is 19.1 Å². The number of fused-ring (bicyclic) bond motifs is 2. The third-order valence-electron chi connectivity index (χ3n) is 11.7. The van der Waals surface area contributed by atoms with Gasteiger partial charge in [0.2, 0.25) is 0 Å². The molecule has 186 valence electrons. The standard InChI is InChI=1S/C31H41N3O/c1-29-11-8-25-18-24-4-5-26(33-15-2-3-16-33)19-30(24)12-13-31(25,35-30)27(29)6-7-28(29)34-17-10-22-9-14-32-20-23(22)21-34/h8-9,14,18,20,26-28H,2-7,10-13,15-17,19,21H2,1H3/t26?,27-,28?,29?,30-,31-/m1/s1. The van der Waals surface area contributed by atoms with Crippen LogP contribution in [0.25, 0.3) is 0 Å². The van der Waals surface area contributed by atoms with E-state index in [9.17, 15) is 0 Å². The van der Waals surface area contributed by atoms with Gasteiger partial charge in [-0.3, -0.25) is 9.88 Å². The summed E-state index contributed by atoms with van der Waals surface area (Å²) in [6.45, 7) is 7.52. The van der Waals surface area contributed by atoms with Gasteiger partial charge in [0.05, 0.1) is 11.2 Å². The molecule has 7 aliphatic rings. The molecule has 2 spiro atoms. The van der Waals surface area contributed by atoms with Gasteiger partial charge >= 0.3 is 0 Å². The predicted molar refractivity (Wildman–Crippen MR) is 138 cm³/mol. The first-order chi connectivity index (χ1) is 17.1. The second kappa shape index (κ2) is 7.52. The van der Waals surface area contributed by atoms with Crippen LogP contribution in [0.2, 0.25) is 0 Å². The van der Waals surface area contributed by atoms with Gasteiger partial charge in [-0.05, 0) is 123 Å². The molecule has 0 radical (unpaired) electrons. The van der Waals surface area contributed by atoms with Crippen LogP contribution in [0.15, 0.2) is 41.8 Å². The number of nitrogens with zero attached hydrogens (tertiary/aromatic N) is 3. The quantitative estimate of drug-likeness (QED) is 0.575. The van der Waals surface area contributed by atoms with E-state index in [1.54, 1.807) is 11.1 Å². The first-order valence-corrected chi connectivity index (χ1v) is 14.6. The summed E-state index contributed by atoms with van der Waals surface area (Å²) in [5.41, 5.74) is 6.50. The predicted octanol–water partition coefficient (Wildman–Crippen LogP) is 5.43. The lowest BCUT2D eigenvalue weighted by molar-refractivity contribution is -0.144. The fourth-order valence-corrected chi connectivity index (χ4v) is 10.0. The van der Waals surface area contributed by atoms with Crippen LogP contribution in [0.1, 0.15) is 82.3 Å². The minimum Gasteiger partial charge on any atom is -0.359 e. The molecule has 0 aromatic carbocycles. The Hall–Kier alpha value is -1.49. The van der Waals surface area contributed by atoms with Crippen molar-refractivity contribution in [2.45, 2.75) is 107 Å². The van der Waals surface area contributed by atoms with E-state index in [1.807, 2.05) is 6.20 Å². The van der Waals surface area contributed by atoms with E-state index >= 15 is 0 Å². The minimum atomic E-state index is -0.0204. The van der Waals surface area contributed by atoms with Crippen molar-refractivity contribution in [1.82, 2.24) is 14.8 Å². The highest BCUT2D eigenvalue weighted by Gasteiger charge is 2.67. The van der Waals surface area contributed by atoms with Crippen molar-refractivity contribution in [2.75, 3.05) is 19.6 Å². The Labute approximate surface area is 210 Å². The monoisotopic (exact) mass is 471 g/mol. The zero-order chi connectivity index (χ0) is 23.3. The van der Waals surface area contributed by atoms with Gasteiger partial charge in [-0.15, -0.1) is 0 Å². The molecule has 3 unspecified atom stereocenters. The van der Waals surface area contributed by atoms with Crippen LogP contribution in [0.5, 0.6) is 0 Å². The second-order valence-electron chi connectivity index (χ2n) is 13.2. The highest BCUT2D eigenvalue weighted by atomic mass is 16.5. The SMILES string of the molecule is CC12CC=C3C=C4CCC(N5CCCC5)C[C@]45CC[C@]3(O5)[C@@H]1CCC2N1CCc2ccncc2C1. The molecule has 1 aromatic rings. The first-order valence-electron chi connectivity index (χ1n) is 14.6. The van der Waals surface area contributed by atoms with Crippen LogP contribution >= 0.6 is 0 Å². The van der Waals surface area contributed by atoms with Crippen LogP contribution in [-0.4, -0.2) is 57.7 Å². The molecule has 4 heteroatoms. The van der Waals surface area contributed by atoms with Gasteiger partial charge in [0, 0.05) is 37.6 Å². The van der Waals surface area contributed by atoms with Crippen molar-refractivity contribution in [3.63, 3.8) is 0 Å². The topological polar surface area (TPSA) is 28.6 Å². The summed E-state index contributed by atoms with van der Waals surface area (Å²) in [7, 11) is 0. The molecule has 4 nitrogen and oxygen atoms in total. The van der Waals surface area contributed by atoms with E-state index in [0.29, 0.717) is 17.4 Å². The van der Waals surface area contributed by atoms with Crippen LogP contribution < -0.4 is 0 Å². The molecule has 8 rings (SSSR count). The van der Waals surface area contributed by atoms with Crippen LogP contribution in [-0.2, 0) is 17.7 Å². The van der Waals surface area contributed by atoms with Gasteiger partial charge in [-0.2, -0.15) is 0 Å². The fourth-order valence-electron chi connectivity index (χ4n) is 10.0. The van der Waals surface area contributed by atoms with Gasteiger partial charge in [0.1, 0.15) is 0 Å². The highest BCUT2D eigenvalue weighted by molar-refractivity contribution is 5.47. The number of likely N-dealkylation sites (tertiary alicyclic amines) is 1. The summed E-state index contributed by atoms with van der Waals surface area (Å²) in [6.07, 6.45) is 23.5. The number of hydrogen-bond donors (Lipinski definition) is 0. The Morgan fingerprint density at radius 1 is 1.00 bits per heavy atom. The molecular weight excluding hydrogens is 430 g/mol. The molecular formula is C31H41N3O. The zero-order valence-electron chi connectivity index (χ0n) is 21.5. The zero-order valence-corrected chi connectivity index (χ0v) is 21.5. The maximum absolute atomic E-state index is 7.55. The Kier molecular flexibility index (Phi) is 4.64. The summed E-state index contributed by atoms with van der Waals surface area (Å²) in [5, 5.41) is 0. The summed E-state index contributed by atoms with van der Waals surface area (Å²) >= 11 is 0. The van der Waals surface area contributed by atoms with E-state index < -0.39 is 0 Å². The molecule has 2 bridgehead atoms. The molecule has 4 fully saturated rings. The molecule has 4 aliphatic heterocycles. The third kappa shape index (κ3) is 2.94. The number of pyridine rings is 1. The lowest BCUT2D eigenvalue weighted by Crippen LogP contribution is -2.57. The molecule has 3 aliphatic carbocycles. The van der Waals surface area contributed by atoms with E-state index in [0.717, 1.165) is 12.6 Å². The minimum absolute atomic E-state index is 0.0204. The summed E-state index contributed by atoms with van der Waals surface area (Å²) in [4.78, 5) is 10.1. The smallest absolute Gasteiger partial charge is 0.0975 e. The first kappa shape index (κ1) is 21.6. The number of aromatic nitrogens is 1. The van der Waals surface area contributed by atoms with Crippen LogP contribution in [0.3, 0.4) is 0 Å². The number of rotatable bonds is 2. The van der Waals surface area contributed by atoms with E-state index in [2.05, 4.69) is 46.1 Å². The summed E-state index contributed by atoms with van der Waals surface area (Å²) in [5.74, 6) is 0.652. The Bertz CT molecular complexity index is 1100. The van der Waals surface area contributed by atoms with Crippen molar-refractivity contribution < 1.29 is 4.74 Å². The average molecular weight is 472 g/mol. The van der Waals surface area contributed by atoms with Gasteiger partial charge in [-0.25, -0.2) is 0 Å². The molecule has 5 heterocycles. The Morgan fingerprint density at radius 2 is 1.91 bits per heavy atom. The molecule has 35 heavy (non-hydrogen) atoms. The lowest BCUT2D eigenvalue weighted by Gasteiger charge is -2.55. The van der Waals surface area contributed by atoms with Crippen LogP contribution in [0.4, 0.5) is 0 Å². The number of ether oxygens (including phenoxy) is 1. The number of hydrogen-bond acceptors (Lipinski definition) is 4. The maximum atomic E-state index is 7.55. The molecule has 0 N–H and O–H groups in total. The number of allylic oxidation sites excluding steroid dienone is 1. The maximum Gasteiger partial charge on any atom is 0.0975 e. The van der Waals surface area contributed by atoms with Crippen molar-refractivity contribution in [2.24, 2.45) is 11.3 Å². The normalized spacial score (nSPS) is 44.8. The second-order valence-corrected chi connectivity index (χ2v) is 13.2. The Morgan fingerprint density at radius 3 is 2.83 bits per heavy atom.